The van der Waals surface area contributed by atoms with Gasteiger partial charge in [0.2, 0.25) is 0 Å². The van der Waals surface area contributed by atoms with Crippen molar-refractivity contribution in [3.8, 4) is 11.5 Å². The van der Waals surface area contributed by atoms with E-state index in [1.54, 1.807) is 44.4 Å². The third-order valence-electron chi connectivity index (χ3n) is 4.24. The van der Waals surface area contributed by atoms with Crippen LogP contribution in [0.3, 0.4) is 0 Å². The molecule has 6 nitrogen and oxygen atoms in total. The van der Waals surface area contributed by atoms with E-state index in [4.69, 9.17) is 13.9 Å². The van der Waals surface area contributed by atoms with E-state index in [0.29, 0.717) is 30.2 Å². The zero-order valence-electron chi connectivity index (χ0n) is 14.4. The second-order valence-corrected chi connectivity index (χ2v) is 6.06. The first kappa shape index (κ1) is 17.1. The van der Waals surface area contributed by atoms with Crippen molar-refractivity contribution in [3.63, 3.8) is 0 Å². The van der Waals surface area contributed by atoms with Crippen LogP contribution in [0.25, 0.3) is 0 Å². The number of ether oxygens (including phenoxy) is 2. The van der Waals surface area contributed by atoms with Crippen molar-refractivity contribution < 1.29 is 18.7 Å². The fourth-order valence-corrected chi connectivity index (χ4v) is 2.93. The molecule has 1 aliphatic heterocycles. The quantitative estimate of drug-likeness (QED) is 0.854. The Kier molecular flexibility index (Phi) is 5.07. The minimum Gasteiger partial charge on any atom is -0.497 e. The van der Waals surface area contributed by atoms with Crippen molar-refractivity contribution in [2.24, 2.45) is 0 Å². The molecule has 0 N–H and O–H groups in total. The minimum absolute atomic E-state index is 0.0114. The van der Waals surface area contributed by atoms with Gasteiger partial charge in [-0.1, -0.05) is 0 Å². The molecule has 0 bridgehead atoms. The number of rotatable bonds is 4. The number of piperidine rings is 1. The standard InChI is InChI=1S/C19H21NO5/c1-13-11-17(12-18(21)24-13)25-16-7-9-20(10-8-16)19(22)14-3-5-15(23-2)6-4-14/h3-6,11-12,16H,7-10H2,1-2H3. The zero-order chi connectivity index (χ0) is 17.8. The summed E-state index contributed by atoms with van der Waals surface area (Å²) in [5.41, 5.74) is 0.235. The molecule has 2 aromatic rings. The predicted octanol–water partition coefficient (Wildman–Crippen LogP) is 2.64. The lowest BCUT2D eigenvalue weighted by molar-refractivity contribution is 0.0594. The number of benzene rings is 1. The summed E-state index contributed by atoms with van der Waals surface area (Å²) in [6.45, 7) is 2.95. The van der Waals surface area contributed by atoms with Gasteiger partial charge in [-0.2, -0.15) is 0 Å². The van der Waals surface area contributed by atoms with Crippen LogP contribution >= 0.6 is 0 Å². The van der Waals surface area contributed by atoms with Crippen molar-refractivity contribution >= 4 is 5.91 Å². The maximum absolute atomic E-state index is 12.5. The Balaban J connectivity index is 1.57. The number of amides is 1. The molecular weight excluding hydrogens is 322 g/mol. The van der Waals surface area contributed by atoms with E-state index in [1.165, 1.54) is 6.07 Å². The summed E-state index contributed by atoms with van der Waals surface area (Å²) in [5.74, 6) is 1.78. The summed E-state index contributed by atoms with van der Waals surface area (Å²) in [5, 5.41) is 0. The molecule has 1 fully saturated rings. The number of aryl methyl sites for hydroxylation is 1. The van der Waals surface area contributed by atoms with Crippen molar-refractivity contribution in [2.75, 3.05) is 20.2 Å². The topological polar surface area (TPSA) is 69.0 Å². The van der Waals surface area contributed by atoms with E-state index < -0.39 is 5.63 Å². The highest BCUT2D eigenvalue weighted by Gasteiger charge is 2.25. The lowest BCUT2D eigenvalue weighted by atomic mass is 10.1. The molecule has 1 amide bonds. The molecule has 1 aromatic carbocycles. The third kappa shape index (κ3) is 4.21. The van der Waals surface area contributed by atoms with Gasteiger partial charge in [0.1, 0.15) is 23.4 Å². The van der Waals surface area contributed by atoms with Gasteiger partial charge in [-0.05, 0) is 31.2 Å². The van der Waals surface area contributed by atoms with Crippen LogP contribution in [0.2, 0.25) is 0 Å². The Labute approximate surface area is 146 Å². The maximum atomic E-state index is 12.5. The summed E-state index contributed by atoms with van der Waals surface area (Å²) >= 11 is 0. The van der Waals surface area contributed by atoms with Gasteiger partial charge in [0.25, 0.3) is 5.91 Å². The smallest absolute Gasteiger partial charge is 0.339 e. The molecule has 3 rings (SSSR count). The largest absolute Gasteiger partial charge is 0.497 e. The van der Waals surface area contributed by atoms with Crippen LogP contribution in [0.1, 0.15) is 29.0 Å². The van der Waals surface area contributed by atoms with Crippen molar-refractivity contribution in [1.82, 2.24) is 4.90 Å². The normalized spacial score (nSPS) is 15.0. The number of likely N-dealkylation sites (tertiary alicyclic amines) is 1. The predicted molar refractivity (Wildman–Crippen MR) is 92.3 cm³/mol. The summed E-state index contributed by atoms with van der Waals surface area (Å²) in [6, 6.07) is 10.2. The van der Waals surface area contributed by atoms with Gasteiger partial charge < -0.3 is 18.8 Å². The molecule has 0 aliphatic carbocycles. The second kappa shape index (κ2) is 7.42. The molecule has 1 aliphatic rings. The van der Waals surface area contributed by atoms with Crippen LogP contribution in [0.4, 0.5) is 0 Å². The molecule has 0 saturated carbocycles. The van der Waals surface area contributed by atoms with Crippen LogP contribution in [0, 0.1) is 6.92 Å². The SMILES string of the molecule is COc1ccc(C(=O)N2CCC(Oc3cc(C)oc(=O)c3)CC2)cc1. The van der Waals surface area contributed by atoms with Crippen molar-refractivity contribution in [3.05, 3.63) is 58.1 Å². The first-order chi connectivity index (χ1) is 12.0. The molecule has 0 atom stereocenters. The molecule has 2 heterocycles. The average Bonchev–Trinajstić information content (AvgIpc) is 2.61. The highest BCUT2D eigenvalue weighted by atomic mass is 16.5. The van der Waals surface area contributed by atoms with Gasteiger partial charge in [-0.3, -0.25) is 4.79 Å². The molecule has 0 radical (unpaired) electrons. The lowest BCUT2D eigenvalue weighted by Gasteiger charge is -2.32. The monoisotopic (exact) mass is 343 g/mol. The highest BCUT2D eigenvalue weighted by molar-refractivity contribution is 5.94. The molecule has 132 valence electrons. The lowest BCUT2D eigenvalue weighted by Crippen LogP contribution is -2.41. The molecule has 6 heteroatoms. The number of carbonyl (C=O) groups is 1. The summed E-state index contributed by atoms with van der Waals surface area (Å²) in [4.78, 5) is 25.8. The van der Waals surface area contributed by atoms with Crippen LogP contribution < -0.4 is 15.1 Å². The van der Waals surface area contributed by atoms with Crippen LogP contribution in [0.15, 0.2) is 45.6 Å². The van der Waals surface area contributed by atoms with Gasteiger partial charge in [0.15, 0.2) is 0 Å². The zero-order valence-corrected chi connectivity index (χ0v) is 14.4. The van der Waals surface area contributed by atoms with Crippen LogP contribution in [0.5, 0.6) is 11.5 Å². The minimum atomic E-state index is -0.415. The maximum Gasteiger partial charge on any atom is 0.339 e. The highest BCUT2D eigenvalue weighted by Crippen LogP contribution is 2.21. The van der Waals surface area contributed by atoms with E-state index in [9.17, 15) is 9.59 Å². The van der Waals surface area contributed by atoms with E-state index in [2.05, 4.69) is 0 Å². The van der Waals surface area contributed by atoms with Gasteiger partial charge in [0.05, 0.1) is 13.2 Å². The van der Waals surface area contributed by atoms with E-state index in [1.807, 2.05) is 4.90 Å². The molecule has 1 aromatic heterocycles. The van der Waals surface area contributed by atoms with E-state index >= 15 is 0 Å². The summed E-state index contributed by atoms with van der Waals surface area (Å²) < 4.78 is 15.9. The molecule has 0 unspecified atom stereocenters. The van der Waals surface area contributed by atoms with Gasteiger partial charge in [-0.25, -0.2) is 4.79 Å². The molecular formula is C19H21NO5. The van der Waals surface area contributed by atoms with Gasteiger partial charge in [0, 0.05) is 37.6 Å². The fraction of sp³-hybridized carbons (Fsp3) is 0.368. The number of methoxy groups -OCH3 is 1. The number of nitrogens with zero attached hydrogens (tertiary/aromatic N) is 1. The number of carbonyl (C=O) groups excluding carboxylic acids is 1. The second-order valence-electron chi connectivity index (χ2n) is 6.06. The van der Waals surface area contributed by atoms with Crippen molar-refractivity contribution in [1.29, 1.82) is 0 Å². The average molecular weight is 343 g/mol. The first-order valence-electron chi connectivity index (χ1n) is 8.27. The van der Waals surface area contributed by atoms with Crippen LogP contribution in [-0.2, 0) is 0 Å². The van der Waals surface area contributed by atoms with Crippen molar-refractivity contribution in [2.45, 2.75) is 25.9 Å². The Bertz CT molecular complexity index is 788. The van der Waals surface area contributed by atoms with Gasteiger partial charge >= 0.3 is 5.63 Å². The Morgan fingerprint density at radius 2 is 1.80 bits per heavy atom. The van der Waals surface area contributed by atoms with E-state index in [-0.39, 0.29) is 12.0 Å². The Morgan fingerprint density at radius 1 is 1.12 bits per heavy atom. The number of hydrogen-bond donors (Lipinski definition) is 0. The summed E-state index contributed by atoms with van der Waals surface area (Å²) in [6.07, 6.45) is 1.43. The van der Waals surface area contributed by atoms with Crippen LogP contribution in [-0.4, -0.2) is 37.1 Å². The Morgan fingerprint density at radius 3 is 2.40 bits per heavy atom. The van der Waals surface area contributed by atoms with E-state index in [0.717, 1.165) is 18.6 Å². The molecule has 1 saturated heterocycles. The fourth-order valence-electron chi connectivity index (χ4n) is 2.93. The number of hydrogen-bond acceptors (Lipinski definition) is 5. The Hall–Kier alpha value is -2.76. The third-order valence-corrected chi connectivity index (χ3v) is 4.24. The molecule has 0 spiro atoms. The van der Waals surface area contributed by atoms with Gasteiger partial charge in [-0.15, -0.1) is 0 Å². The first-order valence-corrected chi connectivity index (χ1v) is 8.27. The summed E-state index contributed by atoms with van der Waals surface area (Å²) in [7, 11) is 1.60. The molecule has 25 heavy (non-hydrogen) atoms.